The smallest absolute Gasteiger partial charge is 0.351 e. The minimum atomic E-state index is -0.934. The Bertz CT molecular complexity index is 1210. The minimum Gasteiger partial charge on any atom is -0.412 e. The molecule has 6 atom stereocenters. The lowest BCUT2D eigenvalue weighted by Gasteiger charge is -2.13. The molecule has 15 nitrogen and oxygen atoms in total. The largest absolute Gasteiger partial charge is 0.412 e. The molecule has 4 heterocycles. The predicted octanol–water partition coefficient (Wildman–Crippen LogP) is -4.06. The summed E-state index contributed by atoms with van der Waals surface area (Å²) in [4.78, 5) is 28.8. The fourth-order valence-electron chi connectivity index (χ4n) is 3.30. The van der Waals surface area contributed by atoms with Gasteiger partial charge in [0.15, 0.2) is 0 Å². The van der Waals surface area contributed by atoms with Crippen LogP contribution in [0.1, 0.15) is 28.0 Å². The van der Waals surface area contributed by atoms with Crippen molar-refractivity contribution in [1.29, 1.82) is 8.27 Å². The Balaban J connectivity index is 0.000000237. The highest BCUT2D eigenvalue weighted by molar-refractivity contribution is 5.23. The van der Waals surface area contributed by atoms with E-state index < -0.39 is 72.6 Å². The molecule has 0 bridgehead atoms. The fourth-order valence-corrected chi connectivity index (χ4v) is 3.30. The highest BCUT2D eigenvalue weighted by atomic mass is 16.5. The summed E-state index contributed by atoms with van der Waals surface area (Å²) in [5.74, 6) is 0.138. The van der Waals surface area contributed by atoms with Crippen LogP contribution in [0.15, 0.2) is 34.1 Å². The molecule has 2 aromatic heterocycles. The minimum absolute atomic E-state index is 0.0433. The van der Waals surface area contributed by atoms with Crippen LogP contribution in [0.4, 0.5) is 5.82 Å². The lowest BCUT2D eigenvalue weighted by atomic mass is 10.2. The molecular weight excluding hydrogens is 444 g/mol. The van der Waals surface area contributed by atoms with Gasteiger partial charge in [0, 0.05) is 25.2 Å². The third kappa shape index (κ3) is 6.11. The summed E-state index contributed by atoms with van der Waals surface area (Å²) in [6, 6.07) is 1.05. The number of anilines is 1. The van der Waals surface area contributed by atoms with E-state index in [-0.39, 0.29) is 25.3 Å². The number of aliphatic hydroxyl groups is 4. The molecule has 0 saturated carbocycles. The van der Waals surface area contributed by atoms with Gasteiger partial charge < -0.3 is 41.1 Å². The number of aliphatic hydroxyl groups excluding tert-OH is 4. The van der Waals surface area contributed by atoms with Crippen molar-refractivity contribution in [2.75, 3.05) is 18.9 Å². The first-order chi connectivity index (χ1) is 17.5. The van der Waals surface area contributed by atoms with Gasteiger partial charge in [-0.25, -0.2) is 9.59 Å². The molecule has 0 aliphatic carbocycles. The first-order valence-electron chi connectivity index (χ1n) is 11.5. The van der Waals surface area contributed by atoms with Gasteiger partial charge in [0.25, 0.3) is 0 Å². The van der Waals surface area contributed by atoms with E-state index >= 15 is 0 Å². The number of hydrogen-bond acceptors (Lipinski definition) is 11. The molecule has 2 aliphatic heterocycles. The molecule has 2 saturated heterocycles. The van der Waals surface area contributed by atoms with E-state index in [2.05, 4.69) is 15.4 Å². The van der Waals surface area contributed by atoms with Crippen LogP contribution in [0.5, 0.6) is 0 Å². The van der Waals surface area contributed by atoms with Crippen molar-refractivity contribution in [2.45, 2.75) is 49.7 Å². The Morgan fingerprint density at radius 3 is 2.24 bits per heavy atom. The van der Waals surface area contributed by atoms with Crippen LogP contribution in [-0.4, -0.2) is 85.5 Å². The normalized spacial score (nSPS) is 30.1. The number of hydrogen-bond donors (Lipinski definition) is 7. The Morgan fingerprint density at radius 1 is 1.21 bits per heavy atom. The number of rotatable bonds is 4. The summed E-state index contributed by atoms with van der Waals surface area (Å²) in [7, 11) is 0. The molecule has 0 amide bonds. The monoisotopic (exact) mass is 476 g/mol. The molecule has 2 aliphatic rings. The van der Waals surface area contributed by atoms with Crippen molar-refractivity contribution in [3.05, 3.63) is 50.9 Å². The van der Waals surface area contributed by atoms with Crippen molar-refractivity contribution in [1.82, 2.24) is 19.1 Å². The number of H-pyrrole nitrogens is 1. The fraction of sp³-hybridized carbons (Fsp3) is 0.556. The van der Waals surface area contributed by atoms with Crippen LogP contribution >= 0.6 is 0 Å². The van der Waals surface area contributed by atoms with Gasteiger partial charge in [0.2, 0.25) is 2.86 Å². The summed E-state index contributed by atoms with van der Waals surface area (Å²) in [6.45, 7) is -0.678. The summed E-state index contributed by atoms with van der Waals surface area (Å²) in [6.07, 6.45) is -3.41. The van der Waals surface area contributed by atoms with Gasteiger partial charge in [-0.3, -0.25) is 19.5 Å². The van der Waals surface area contributed by atoms with E-state index in [1.54, 1.807) is 0 Å². The van der Waals surface area contributed by atoms with Crippen LogP contribution < -0.4 is 22.6 Å². The van der Waals surface area contributed by atoms with Crippen molar-refractivity contribution < 1.29 is 38.1 Å². The first-order valence-corrected chi connectivity index (χ1v) is 9.67. The quantitative estimate of drug-likeness (QED) is 0.225. The number of aromatic amines is 1. The number of nitrogen functional groups attached to an aromatic ring is 1. The molecular formula is C18H28N6O9. The van der Waals surface area contributed by atoms with Gasteiger partial charge >= 0.3 is 11.4 Å². The third-order valence-electron chi connectivity index (χ3n) is 4.97. The average molecular weight is 476 g/mol. The van der Waals surface area contributed by atoms with E-state index in [1.165, 1.54) is 16.8 Å². The standard InChI is InChI=1S/2C9H13N3O4.H2O/c2*10-7-1-2-12(9(15)11-7)8-3-5(14)6(4-13)16-8;/h2*1-2,5-6,8,13-14H,3-4H2,(H2,10,11,15);1H2/t2*5?,6-,8-;/m11./s1/i1D,2D;;/hD2. The van der Waals surface area contributed by atoms with Crippen LogP contribution in [0.25, 0.3) is 0 Å². The topological polar surface area (TPSA) is 253 Å². The van der Waals surface area contributed by atoms with Gasteiger partial charge in [0.05, 0.1) is 28.2 Å². The predicted molar refractivity (Wildman–Crippen MR) is 111 cm³/mol. The van der Waals surface area contributed by atoms with Crippen LogP contribution in [-0.2, 0) is 9.47 Å². The van der Waals surface area contributed by atoms with Crippen molar-refractivity contribution in [2.24, 2.45) is 0 Å². The van der Waals surface area contributed by atoms with Crippen LogP contribution in [0.3, 0.4) is 0 Å². The van der Waals surface area contributed by atoms with Gasteiger partial charge in [-0.05, 0) is 12.1 Å². The Kier molecular flexibility index (Phi) is 7.07. The van der Waals surface area contributed by atoms with Crippen LogP contribution in [0.2, 0.25) is 0 Å². The number of nitrogens with zero attached hydrogens (tertiary/aromatic N) is 3. The number of nitrogens with one attached hydrogen (secondary N) is 2. The lowest BCUT2D eigenvalue weighted by Crippen LogP contribution is -2.31. The van der Waals surface area contributed by atoms with Gasteiger partial charge in [-0.15, -0.1) is 0 Å². The van der Waals surface area contributed by atoms with Gasteiger partial charge in [0.1, 0.15) is 36.0 Å². The second-order valence-corrected chi connectivity index (χ2v) is 7.18. The molecule has 33 heavy (non-hydrogen) atoms. The Labute approximate surface area is 191 Å². The maximum atomic E-state index is 11.7. The van der Waals surface area contributed by atoms with Crippen LogP contribution in [0, 0.1) is 5.41 Å². The lowest BCUT2D eigenvalue weighted by molar-refractivity contribution is -0.0459. The van der Waals surface area contributed by atoms with Gasteiger partial charge in [-0.2, -0.15) is 4.98 Å². The van der Waals surface area contributed by atoms with E-state index in [4.69, 9.17) is 36.4 Å². The van der Waals surface area contributed by atoms with E-state index in [0.717, 1.165) is 4.57 Å². The molecule has 2 fully saturated rings. The summed E-state index contributed by atoms with van der Waals surface area (Å²) >= 11 is 0. The molecule has 4 rings (SSSR count). The number of ether oxygens (including phenoxy) is 2. The highest BCUT2D eigenvalue weighted by Gasteiger charge is 2.35. The molecule has 0 radical (unpaired) electrons. The summed E-state index contributed by atoms with van der Waals surface area (Å²) in [5, 5.41) is 44.2. The maximum Gasteiger partial charge on any atom is 0.351 e. The Hall–Kier alpha value is -2.92. The summed E-state index contributed by atoms with van der Waals surface area (Å²) < 4.78 is 38.5. The third-order valence-corrected chi connectivity index (χ3v) is 4.97. The molecule has 15 heteroatoms. The van der Waals surface area contributed by atoms with Crippen molar-refractivity contribution >= 4 is 5.82 Å². The number of nitrogens with two attached hydrogens (primary N) is 1. The van der Waals surface area contributed by atoms with Gasteiger partial charge in [-0.1, -0.05) is 0 Å². The average Bonchev–Trinajstić information content (AvgIpc) is 3.40. The molecule has 0 aromatic carbocycles. The zero-order valence-electron chi connectivity index (χ0n) is 21.2. The maximum absolute atomic E-state index is 11.7. The molecule has 184 valence electrons. The van der Waals surface area contributed by atoms with E-state index in [1.807, 2.05) is 0 Å². The SMILES string of the molecule is Nc1ccn([C@H]2CC(O)[C@@H](CO)O2)c(=O)n1.[2H]O[2H].[2H]c1c([2H])n([C@H]2CC(O)[C@@H](CO)O2)c(=O)[nH]c1=N. The van der Waals surface area contributed by atoms with Crippen molar-refractivity contribution in [3.63, 3.8) is 0 Å². The first kappa shape index (κ1) is 20.7. The van der Waals surface area contributed by atoms with Crippen molar-refractivity contribution in [3.8, 4) is 0 Å². The second-order valence-electron chi connectivity index (χ2n) is 7.18. The second kappa shape index (κ2) is 11.3. The zero-order valence-corrected chi connectivity index (χ0v) is 17.2. The molecule has 2 aromatic rings. The molecule has 10 N–H and O–H groups in total. The van der Waals surface area contributed by atoms with E-state index in [0.29, 0.717) is 0 Å². The van der Waals surface area contributed by atoms with E-state index in [9.17, 15) is 19.8 Å². The number of aromatic nitrogens is 4. The molecule has 2 unspecified atom stereocenters. The highest BCUT2D eigenvalue weighted by Crippen LogP contribution is 2.27. The summed E-state index contributed by atoms with van der Waals surface area (Å²) in [5.41, 5.74) is 6.37. The zero-order chi connectivity index (χ0) is 27.9. The Morgan fingerprint density at radius 2 is 1.76 bits per heavy atom. The molecule has 0 spiro atoms.